The number of benzene rings is 1. The number of urea groups is 1. The SMILES string of the molecule is C=C/C(=C\N=C(C)NC(=O)CN1CC2(CCC(c3ccccc3)(N(C)C)CC2)N(CC2CCC2)C1=O)C(=O)OC. The molecule has 3 amide bonds. The van der Waals surface area contributed by atoms with Gasteiger partial charge in [-0.25, -0.2) is 14.6 Å². The van der Waals surface area contributed by atoms with Crippen molar-refractivity contribution in [1.82, 2.24) is 20.0 Å². The first kappa shape index (κ1) is 29.5. The number of hydrogen-bond donors (Lipinski definition) is 1. The van der Waals surface area contributed by atoms with Crippen molar-refractivity contribution in [3.05, 3.63) is 60.3 Å². The molecule has 1 N–H and O–H groups in total. The standard InChI is InChI=1S/C31H43N5O4/c1-6-25(28(38)40-5)19-32-23(2)33-27(37)21-35-22-30(36(29(35)39)20-24-11-10-12-24)15-17-31(18-16-30,34(3)4)26-13-8-7-9-14-26/h6-9,13-14,19,24H,1,10-12,15-18,20-22H2,2-5H3,(H,32,33,37)/b25-19+. The highest BCUT2D eigenvalue weighted by Gasteiger charge is 2.55. The Labute approximate surface area is 237 Å². The molecule has 0 atom stereocenters. The van der Waals surface area contributed by atoms with Gasteiger partial charge in [0, 0.05) is 24.8 Å². The molecule has 1 aliphatic heterocycles. The first-order valence-electron chi connectivity index (χ1n) is 14.2. The van der Waals surface area contributed by atoms with E-state index < -0.39 is 5.97 Å². The molecule has 0 aromatic heterocycles. The molecular formula is C31H43N5O4. The highest BCUT2D eigenvalue weighted by molar-refractivity contribution is 5.99. The van der Waals surface area contributed by atoms with Crippen LogP contribution in [0.1, 0.15) is 57.4 Å². The lowest BCUT2D eigenvalue weighted by Gasteiger charge is -2.51. The lowest BCUT2D eigenvalue weighted by atomic mass is 9.68. The minimum absolute atomic E-state index is 0.0405. The summed E-state index contributed by atoms with van der Waals surface area (Å²) in [5.74, 6) is -0.0171. The van der Waals surface area contributed by atoms with Crippen LogP contribution in [-0.4, -0.2) is 84.8 Å². The number of amides is 3. The summed E-state index contributed by atoms with van der Waals surface area (Å²) in [6, 6.07) is 10.6. The molecule has 0 unspecified atom stereocenters. The fraction of sp³-hybridized carbons (Fsp3) is 0.548. The predicted molar refractivity (Wildman–Crippen MR) is 156 cm³/mol. The van der Waals surface area contributed by atoms with E-state index in [4.69, 9.17) is 0 Å². The normalized spacial score (nSPS) is 25.8. The molecular weight excluding hydrogens is 506 g/mol. The van der Waals surface area contributed by atoms with Crippen LogP contribution in [0, 0.1) is 5.92 Å². The van der Waals surface area contributed by atoms with Gasteiger partial charge < -0.3 is 19.9 Å². The van der Waals surface area contributed by atoms with Crippen LogP contribution < -0.4 is 5.32 Å². The van der Waals surface area contributed by atoms with E-state index in [1.54, 1.807) is 11.8 Å². The number of aliphatic imine (C=N–C) groups is 1. The van der Waals surface area contributed by atoms with Gasteiger partial charge in [0.2, 0.25) is 5.91 Å². The molecule has 1 aromatic carbocycles. The maximum atomic E-state index is 13.8. The number of amidine groups is 1. The quantitative estimate of drug-likeness (QED) is 0.165. The van der Waals surface area contributed by atoms with Gasteiger partial charge >= 0.3 is 12.0 Å². The number of nitrogens with zero attached hydrogens (tertiary/aromatic N) is 4. The van der Waals surface area contributed by atoms with Crippen molar-refractivity contribution in [1.29, 1.82) is 0 Å². The Bertz CT molecular complexity index is 1160. The smallest absolute Gasteiger partial charge is 0.339 e. The van der Waals surface area contributed by atoms with Gasteiger partial charge in [0.05, 0.1) is 18.2 Å². The summed E-state index contributed by atoms with van der Waals surface area (Å²) < 4.78 is 4.69. The molecule has 9 nitrogen and oxygen atoms in total. The van der Waals surface area contributed by atoms with Gasteiger partial charge in [0.1, 0.15) is 12.4 Å². The second-order valence-electron chi connectivity index (χ2n) is 11.6. The number of nitrogens with one attached hydrogen (secondary N) is 1. The van der Waals surface area contributed by atoms with E-state index in [0.29, 0.717) is 18.3 Å². The summed E-state index contributed by atoms with van der Waals surface area (Å²) >= 11 is 0. The third kappa shape index (κ3) is 5.99. The van der Waals surface area contributed by atoms with Crippen molar-refractivity contribution in [2.24, 2.45) is 10.9 Å². The van der Waals surface area contributed by atoms with Crippen molar-refractivity contribution in [3.8, 4) is 0 Å². The highest BCUT2D eigenvalue weighted by Crippen LogP contribution is 2.49. The van der Waals surface area contributed by atoms with Gasteiger partial charge in [-0.1, -0.05) is 49.4 Å². The summed E-state index contributed by atoms with van der Waals surface area (Å²) in [6.07, 6.45) is 9.86. The van der Waals surface area contributed by atoms with Crippen LogP contribution in [0.5, 0.6) is 0 Å². The summed E-state index contributed by atoms with van der Waals surface area (Å²) in [5.41, 5.74) is 1.16. The molecule has 0 radical (unpaired) electrons. The number of carbonyl (C=O) groups excluding carboxylic acids is 3. The third-order valence-corrected chi connectivity index (χ3v) is 9.09. The molecule has 9 heteroatoms. The van der Waals surface area contributed by atoms with Crippen molar-refractivity contribution >= 4 is 23.7 Å². The molecule has 2 saturated carbocycles. The van der Waals surface area contributed by atoms with Crippen LogP contribution in [-0.2, 0) is 19.9 Å². The van der Waals surface area contributed by atoms with Gasteiger partial charge in [-0.2, -0.15) is 0 Å². The van der Waals surface area contributed by atoms with Crippen LogP contribution in [0.2, 0.25) is 0 Å². The molecule has 3 aliphatic rings. The van der Waals surface area contributed by atoms with E-state index in [-0.39, 0.29) is 35.1 Å². The topological polar surface area (TPSA) is 94.5 Å². The van der Waals surface area contributed by atoms with Gasteiger partial charge in [0.15, 0.2) is 0 Å². The van der Waals surface area contributed by atoms with Gasteiger partial charge in [-0.05, 0) is 71.0 Å². The molecule has 1 aromatic rings. The van der Waals surface area contributed by atoms with Crippen LogP contribution >= 0.6 is 0 Å². The first-order chi connectivity index (χ1) is 19.1. The average molecular weight is 550 g/mol. The lowest BCUT2D eigenvalue weighted by molar-refractivity contribution is -0.135. The van der Waals surface area contributed by atoms with Crippen molar-refractivity contribution < 1.29 is 19.1 Å². The minimum Gasteiger partial charge on any atom is -0.465 e. The number of esters is 1. The average Bonchev–Trinajstić information content (AvgIpc) is 3.16. The summed E-state index contributed by atoms with van der Waals surface area (Å²) in [6.45, 7) is 6.49. The van der Waals surface area contributed by atoms with Crippen LogP contribution in [0.15, 0.2) is 59.8 Å². The van der Waals surface area contributed by atoms with Gasteiger partial charge in [0.25, 0.3) is 0 Å². The van der Waals surface area contributed by atoms with Crippen LogP contribution in [0.4, 0.5) is 4.79 Å². The zero-order chi connectivity index (χ0) is 28.9. The minimum atomic E-state index is -0.560. The molecule has 1 spiro atoms. The maximum absolute atomic E-state index is 13.8. The van der Waals surface area contributed by atoms with E-state index in [1.807, 2.05) is 0 Å². The molecule has 40 heavy (non-hydrogen) atoms. The summed E-state index contributed by atoms with van der Waals surface area (Å²) in [5, 5.41) is 2.74. The second-order valence-corrected chi connectivity index (χ2v) is 11.6. The van der Waals surface area contributed by atoms with E-state index in [9.17, 15) is 14.4 Å². The Hall–Kier alpha value is -3.46. The number of methoxy groups -OCH3 is 1. The van der Waals surface area contributed by atoms with Crippen LogP contribution in [0.25, 0.3) is 0 Å². The number of ether oxygens (including phenoxy) is 1. The van der Waals surface area contributed by atoms with Crippen molar-refractivity contribution in [2.45, 2.75) is 62.9 Å². The third-order valence-electron chi connectivity index (χ3n) is 9.09. The number of hydrogen-bond acceptors (Lipinski definition) is 6. The number of rotatable bonds is 9. The number of carbonyl (C=O) groups is 3. The zero-order valence-electron chi connectivity index (χ0n) is 24.3. The maximum Gasteiger partial charge on any atom is 0.339 e. The van der Waals surface area contributed by atoms with E-state index >= 15 is 0 Å². The van der Waals surface area contributed by atoms with Crippen LogP contribution in [0.3, 0.4) is 0 Å². The summed E-state index contributed by atoms with van der Waals surface area (Å²) in [4.78, 5) is 48.7. The molecule has 1 saturated heterocycles. The Balaban J connectivity index is 1.48. The Morgan fingerprint density at radius 1 is 1.18 bits per heavy atom. The largest absolute Gasteiger partial charge is 0.465 e. The molecule has 3 fully saturated rings. The second kappa shape index (κ2) is 12.4. The lowest BCUT2D eigenvalue weighted by Crippen LogP contribution is -2.56. The van der Waals surface area contributed by atoms with E-state index in [0.717, 1.165) is 45.1 Å². The Morgan fingerprint density at radius 2 is 1.85 bits per heavy atom. The molecule has 4 rings (SSSR count). The van der Waals surface area contributed by atoms with Crippen molar-refractivity contribution in [2.75, 3.05) is 40.8 Å². The molecule has 216 valence electrons. The Morgan fingerprint density at radius 3 is 2.40 bits per heavy atom. The molecule has 0 bridgehead atoms. The van der Waals surface area contributed by atoms with E-state index in [1.165, 1.54) is 31.4 Å². The van der Waals surface area contributed by atoms with Gasteiger partial charge in [-0.3, -0.25) is 9.69 Å². The van der Waals surface area contributed by atoms with Gasteiger partial charge in [-0.15, -0.1) is 0 Å². The Kier molecular flexibility index (Phi) is 9.13. The highest BCUT2D eigenvalue weighted by atomic mass is 16.5. The predicted octanol–water partition coefficient (Wildman–Crippen LogP) is 4.07. The fourth-order valence-corrected chi connectivity index (χ4v) is 6.43. The molecule has 1 heterocycles. The monoisotopic (exact) mass is 549 g/mol. The first-order valence-corrected chi connectivity index (χ1v) is 14.2. The molecule has 2 aliphatic carbocycles. The zero-order valence-corrected chi connectivity index (χ0v) is 24.3. The summed E-state index contributed by atoms with van der Waals surface area (Å²) in [7, 11) is 5.58. The van der Waals surface area contributed by atoms with Crippen molar-refractivity contribution in [3.63, 3.8) is 0 Å². The van der Waals surface area contributed by atoms with E-state index in [2.05, 4.69) is 75.9 Å². The fourth-order valence-electron chi connectivity index (χ4n) is 6.43.